The Kier molecular flexibility index (Phi) is 6.12. The van der Waals surface area contributed by atoms with Crippen molar-refractivity contribution in [2.45, 2.75) is 44.6 Å². The van der Waals surface area contributed by atoms with E-state index in [9.17, 15) is 18.0 Å². The van der Waals surface area contributed by atoms with Gasteiger partial charge in [0.2, 0.25) is 10.0 Å². The van der Waals surface area contributed by atoms with Crippen LogP contribution in [0.3, 0.4) is 0 Å². The Morgan fingerprint density at radius 3 is 2.44 bits per heavy atom. The number of nitrogens with one attached hydrogen (secondary N) is 1. The number of carbonyl (C=O) groups excluding carboxylic acids is 1. The van der Waals surface area contributed by atoms with Gasteiger partial charge in [-0.15, -0.1) is 0 Å². The minimum Gasteiger partial charge on any atom is -0.321 e. The molecule has 1 aliphatic rings. The monoisotopic (exact) mass is 454 g/mol. The Bertz CT molecular complexity index is 1340. The van der Waals surface area contributed by atoms with Gasteiger partial charge in [-0.1, -0.05) is 30.7 Å². The average Bonchev–Trinajstić information content (AvgIpc) is 2.81. The molecule has 2 aromatic carbocycles. The summed E-state index contributed by atoms with van der Waals surface area (Å²) < 4.78 is 29.1. The fourth-order valence-electron chi connectivity index (χ4n) is 4.01. The highest BCUT2D eigenvalue weighted by molar-refractivity contribution is 7.89. The third-order valence-electron chi connectivity index (χ3n) is 5.76. The molecule has 1 amide bonds. The lowest BCUT2D eigenvalue weighted by atomic mass is 10.1. The molecule has 1 aliphatic heterocycles. The number of rotatable bonds is 5. The number of piperidine rings is 1. The van der Waals surface area contributed by atoms with E-state index >= 15 is 0 Å². The first kappa shape index (κ1) is 22.2. The van der Waals surface area contributed by atoms with Crippen LogP contribution >= 0.6 is 0 Å². The van der Waals surface area contributed by atoms with Crippen molar-refractivity contribution in [1.29, 1.82) is 0 Å². The van der Waals surface area contributed by atoms with Crippen molar-refractivity contribution in [2.24, 2.45) is 0 Å². The summed E-state index contributed by atoms with van der Waals surface area (Å²) in [6.45, 7) is 4.86. The van der Waals surface area contributed by atoms with E-state index in [0.717, 1.165) is 19.3 Å². The molecule has 4 rings (SSSR count). The van der Waals surface area contributed by atoms with E-state index < -0.39 is 15.9 Å². The molecule has 32 heavy (non-hydrogen) atoms. The molecule has 3 aromatic rings. The van der Waals surface area contributed by atoms with Crippen molar-refractivity contribution in [2.75, 3.05) is 18.4 Å². The number of carbonyl (C=O) groups is 1. The van der Waals surface area contributed by atoms with E-state index in [0.29, 0.717) is 41.7 Å². The SMILES string of the molecule is CCn1nc(C(=O)Nc2ccc(C)c(S(=O)(=O)N3CCCCC3)c2)c2ccccc2c1=O. The van der Waals surface area contributed by atoms with Crippen LogP contribution in [-0.4, -0.2) is 41.5 Å². The fraction of sp³-hybridized carbons (Fsp3) is 0.348. The molecule has 9 heteroatoms. The number of hydrogen-bond acceptors (Lipinski definition) is 5. The molecule has 0 bridgehead atoms. The van der Waals surface area contributed by atoms with Crippen LogP contribution in [0.1, 0.15) is 42.2 Å². The van der Waals surface area contributed by atoms with Crippen LogP contribution in [-0.2, 0) is 16.6 Å². The number of sulfonamides is 1. The standard InChI is InChI=1S/C23H26N4O4S/c1-3-27-23(29)19-10-6-5-9-18(19)21(25-27)22(28)24-17-12-11-16(2)20(15-17)32(30,31)26-13-7-4-8-14-26/h5-6,9-12,15H,3-4,7-8,13-14H2,1-2H3,(H,24,28). The van der Waals surface area contributed by atoms with Gasteiger partial charge in [0, 0.05) is 30.7 Å². The summed E-state index contributed by atoms with van der Waals surface area (Å²) in [7, 11) is -3.65. The van der Waals surface area contributed by atoms with Gasteiger partial charge in [-0.3, -0.25) is 9.59 Å². The highest BCUT2D eigenvalue weighted by Crippen LogP contribution is 2.26. The smallest absolute Gasteiger partial charge is 0.276 e. The molecule has 168 valence electrons. The zero-order chi connectivity index (χ0) is 22.9. The minimum atomic E-state index is -3.65. The first-order chi connectivity index (χ1) is 15.3. The van der Waals surface area contributed by atoms with Crippen molar-refractivity contribution >= 4 is 32.4 Å². The number of hydrogen-bond donors (Lipinski definition) is 1. The van der Waals surface area contributed by atoms with E-state index in [4.69, 9.17) is 0 Å². The van der Waals surface area contributed by atoms with Gasteiger partial charge in [0.1, 0.15) is 0 Å². The van der Waals surface area contributed by atoms with Gasteiger partial charge in [-0.2, -0.15) is 9.40 Å². The first-order valence-corrected chi connectivity index (χ1v) is 12.2. The summed E-state index contributed by atoms with van der Waals surface area (Å²) in [5.74, 6) is -0.506. The Hall–Kier alpha value is -3.04. The normalized spacial score (nSPS) is 15.1. The number of fused-ring (bicyclic) bond motifs is 1. The third kappa shape index (κ3) is 4.05. The molecule has 1 fully saturated rings. The van der Waals surface area contributed by atoms with E-state index in [-0.39, 0.29) is 16.1 Å². The Morgan fingerprint density at radius 2 is 1.75 bits per heavy atom. The van der Waals surface area contributed by atoms with Crippen LogP contribution < -0.4 is 10.9 Å². The first-order valence-electron chi connectivity index (χ1n) is 10.7. The number of nitrogens with zero attached hydrogens (tertiary/aromatic N) is 3. The summed E-state index contributed by atoms with van der Waals surface area (Å²) >= 11 is 0. The van der Waals surface area contributed by atoms with Gasteiger partial charge in [-0.25, -0.2) is 13.1 Å². The van der Waals surface area contributed by atoms with Crippen LogP contribution in [0.4, 0.5) is 5.69 Å². The van der Waals surface area contributed by atoms with E-state index in [1.165, 1.54) is 15.1 Å². The van der Waals surface area contributed by atoms with Gasteiger partial charge in [0.25, 0.3) is 11.5 Å². The highest BCUT2D eigenvalue weighted by Gasteiger charge is 2.28. The number of anilines is 1. The second-order valence-corrected chi connectivity index (χ2v) is 9.82. The van der Waals surface area contributed by atoms with Crippen LogP contribution in [0.2, 0.25) is 0 Å². The molecule has 8 nitrogen and oxygen atoms in total. The Morgan fingerprint density at radius 1 is 1.06 bits per heavy atom. The summed E-state index contributed by atoms with van der Waals surface area (Å²) in [5.41, 5.74) is 0.834. The highest BCUT2D eigenvalue weighted by atomic mass is 32.2. The Balaban J connectivity index is 1.70. The van der Waals surface area contributed by atoms with Gasteiger partial charge in [0.05, 0.1) is 10.3 Å². The second kappa shape index (κ2) is 8.84. The minimum absolute atomic E-state index is 0.114. The van der Waals surface area contributed by atoms with Crippen LogP contribution in [0.5, 0.6) is 0 Å². The quantitative estimate of drug-likeness (QED) is 0.638. The van der Waals surface area contributed by atoms with Gasteiger partial charge >= 0.3 is 0 Å². The lowest BCUT2D eigenvalue weighted by Crippen LogP contribution is -2.36. The van der Waals surface area contributed by atoms with E-state index in [1.54, 1.807) is 50.2 Å². The van der Waals surface area contributed by atoms with Crippen molar-refractivity contribution < 1.29 is 13.2 Å². The Labute approximate surface area is 186 Å². The number of aryl methyl sites for hydroxylation is 2. The van der Waals surface area contributed by atoms with Crippen molar-refractivity contribution in [1.82, 2.24) is 14.1 Å². The predicted molar refractivity (Wildman–Crippen MR) is 123 cm³/mol. The predicted octanol–water partition coefficient (Wildman–Crippen LogP) is 3.15. The van der Waals surface area contributed by atoms with Gasteiger partial charge in [-0.05, 0) is 50.5 Å². The summed E-state index contributed by atoms with van der Waals surface area (Å²) in [6.07, 6.45) is 2.73. The number of benzene rings is 2. The van der Waals surface area contributed by atoms with Gasteiger partial charge in [0.15, 0.2) is 5.69 Å². The second-order valence-electron chi connectivity index (χ2n) is 7.91. The summed E-state index contributed by atoms with van der Waals surface area (Å²) in [4.78, 5) is 25.8. The summed E-state index contributed by atoms with van der Waals surface area (Å²) in [6, 6.07) is 11.7. The zero-order valence-electron chi connectivity index (χ0n) is 18.2. The lowest BCUT2D eigenvalue weighted by molar-refractivity contribution is 0.102. The molecule has 1 N–H and O–H groups in total. The molecule has 2 heterocycles. The molecule has 0 unspecified atom stereocenters. The molecule has 0 radical (unpaired) electrons. The molecule has 0 spiro atoms. The van der Waals surface area contributed by atoms with E-state index in [2.05, 4.69) is 10.4 Å². The molecule has 0 atom stereocenters. The molecule has 1 saturated heterocycles. The average molecular weight is 455 g/mol. The third-order valence-corrected chi connectivity index (χ3v) is 7.80. The molecule has 0 aliphatic carbocycles. The largest absolute Gasteiger partial charge is 0.321 e. The lowest BCUT2D eigenvalue weighted by Gasteiger charge is -2.26. The molecular formula is C23H26N4O4S. The van der Waals surface area contributed by atoms with Crippen LogP contribution in [0, 0.1) is 6.92 Å². The van der Waals surface area contributed by atoms with Crippen LogP contribution in [0.15, 0.2) is 52.2 Å². The molecular weight excluding hydrogens is 428 g/mol. The molecule has 1 aromatic heterocycles. The van der Waals surface area contributed by atoms with E-state index in [1.807, 2.05) is 0 Å². The molecule has 0 saturated carbocycles. The maximum atomic E-state index is 13.2. The maximum Gasteiger partial charge on any atom is 0.276 e. The maximum absolute atomic E-state index is 13.2. The number of aromatic nitrogens is 2. The van der Waals surface area contributed by atoms with Crippen molar-refractivity contribution in [3.8, 4) is 0 Å². The van der Waals surface area contributed by atoms with Crippen molar-refractivity contribution in [3.05, 3.63) is 64.1 Å². The fourth-order valence-corrected chi connectivity index (χ4v) is 5.78. The zero-order valence-corrected chi connectivity index (χ0v) is 19.0. The topological polar surface area (TPSA) is 101 Å². The van der Waals surface area contributed by atoms with Crippen LogP contribution in [0.25, 0.3) is 10.8 Å². The van der Waals surface area contributed by atoms with Gasteiger partial charge < -0.3 is 5.32 Å². The van der Waals surface area contributed by atoms with Crippen molar-refractivity contribution in [3.63, 3.8) is 0 Å². The number of amides is 1. The summed E-state index contributed by atoms with van der Waals surface area (Å²) in [5, 5.41) is 7.87.